The summed E-state index contributed by atoms with van der Waals surface area (Å²) < 4.78 is 45.7. The number of nitro benzene ring substituents is 1. The third-order valence-electron chi connectivity index (χ3n) is 5.58. The summed E-state index contributed by atoms with van der Waals surface area (Å²) in [5.74, 6) is -2.63. The van der Waals surface area contributed by atoms with E-state index in [1.807, 2.05) is 4.98 Å². The molecule has 2 heterocycles. The lowest BCUT2D eigenvalue weighted by molar-refractivity contribution is -0.384. The monoisotopic (exact) mass is 537 g/mol. The predicted molar refractivity (Wildman–Crippen MR) is 123 cm³/mol. The summed E-state index contributed by atoms with van der Waals surface area (Å²) >= 11 is 5.77. The van der Waals surface area contributed by atoms with Gasteiger partial charge in [-0.3, -0.25) is 24.5 Å². The van der Waals surface area contributed by atoms with Crippen molar-refractivity contribution in [2.75, 3.05) is 6.61 Å². The molecule has 2 aromatic carbocycles. The molecule has 1 N–H and O–H groups in total. The van der Waals surface area contributed by atoms with Gasteiger partial charge in [0.05, 0.1) is 29.4 Å². The predicted octanol–water partition coefficient (Wildman–Crippen LogP) is 3.11. The van der Waals surface area contributed by atoms with Gasteiger partial charge in [-0.2, -0.15) is 4.39 Å². The zero-order chi connectivity index (χ0) is 26.7. The van der Waals surface area contributed by atoms with Crippen molar-refractivity contribution in [3.05, 3.63) is 107 Å². The molecule has 11 nitrogen and oxygen atoms in total. The number of benzene rings is 2. The van der Waals surface area contributed by atoms with Gasteiger partial charge < -0.3 is 14.2 Å². The fraction of sp³-hybridized carbons (Fsp3) is 0.261. The molecule has 1 saturated heterocycles. The van der Waals surface area contributed by atoms with E-state index in [9.17, 15) is 33.3 Å². The highest BCUT2D eigenvalue weighted by Crippen LogP contribution is 2.31. The first kappa shape index (κ1) is 26.1. The van der Waals surface area contributed by atoms with Crippen LogP contribution in [0.1, 0.15) is 28.6 Å². The number of nitrogens with zero attached hydrogens (tertiary/aromatic N) is 2. The van der Waals surface area contributed by atoms with Gasteiger partial charge in [0.2, 0.25) is 5.82 Å². The number of esters is 1. The SMILES string of the molecule is O=C(OC[C@@H]1O[C@H](n2cc(F)c(=O)[nH]c2=O)CC1OCc1ccc(Cl)cc1F)c1ccc([N+](=O)[O-])cc1. The van der Waals surface area contributed by atoms with Crippen LogP contribution in [0.15, 0.2) is 58.3 Å². The topological polar surface area (TPSA) is 143 Å². The Kier molecular flexibility index (Phi) is 7.76. The Morgan fingerprint density at radius 1 is 1.19 bits per heavy atom. The Labute approximate surface area is 211 Å². The van der Waals surface area contributed by atoms with Crippen molar-refractivity contribution in [3.8, 4) is 0 Å². The molecule has 3 atom stereocenters. The van der Waals surface area contributed by atoms with Gasteiger partial charge in [0, 0.05) is 29.1 Å². The van der Waals surface area contributed by atoms with Crippen LogP contribution in [-0.2, 0) is 20.8 Å². The number of H-pyrrole nitrogens is 1. The number of nitro groups is 1. The number of non-ortho nitro benzene ring substituents is 1. The van der Waals surface area contributed by atoms with Crippen molar-refractivity contribution in [1.82, 2.24) is 9.55 Å². The van der Waals surface area contributed by atoms with E-state index in [-0.39, 0.29) is 41.5 Å². The lowest BCUT2D eigenvalue weighted by atomic mass is 10.1. The smallest absolute Gasteiger partial charge is 0.338 e. The van der Waals surface area contributed by atoms with Gasteiger partial charge in [-0.05, 0) is 24.3 Å². The number of carbonyl (C=O) groups is 1. The number of nitrogens with one attached hydrogen (secondary N) is 1. The zero-order valence-electron chi connectivity index (χ0n) is 18.8. The Morgan fingerprint density at radius 2 is 1.92 bits per heavy atom. The summed E-state index contributed by atoms with van der Waals surface area (Å²) in [6, 6.07) is 8.74. The molecule has 37 heavy (non-hydrogen) atoms. The second-order valence-corrected chi connectivity index (χ2v) is 8.43. The lowest BCUT2D eigenvalue weighted by Crippen LogP contribution is -2.34. The van der Waals surface area contributed by atoms with Gasteiger partial charge in [0.15, 0.2) is 0 Å². The van der Waals surface area contributed by atoms with Gasteiger partial charge in [-0.25, -0.2) is 14.0 Å². The Bertz CT molecular complexity index is 1440. The first-order valence-corrected chi connectivity index (χ1v) is 11.1. The van der Waals surface area contributed by atoms with E-state index in [4.69, 9.17) is 25.8 Å². The molecule has 1 aliphatic heterocycles. The summed E-state index contributed by atoms with van der Waals surface area (Å²) in [4.78, 5) is 48.0. The molecule has 0 amide bonds. The average molecular weight is 538 g/mol. The third kappa shape index (κ3) is 6.07. The van der Waals surface area contributed by atoms with E-state index < -0.39 is 52.2 Å². The molecule has 0 bridgehead atoms. The van der Waals surface area contributed by atoms with E-state index in [1.54, 1.807) is 0 Å². The molecule has 0 aliphatic carbocycles. The lowest BCUT2D eigenvalue weighted by Gasteiger charge is -2.19. The van der Waals surface area contributed by atoms with Crippen LogP contribution in [-0.4, -0.2) is 39.3 Å². The molecule has 1 aromatic heterocycles. The van der Waals surface area contributed by atoms with Gasteiger partial charge in [0.1, 0.15) is 24.8 Å². The molecule has 4 rings (SSSR count). The summed E-state index contributed by atoms with van der Waals surface area (Å²) in [5, 5.41) is 11.0. The summed E-state index contributed by atoms with van der Waals surface area (Å²) in [7, 11) is 0. The Morgan fingerprint density at radius 3 is 2.59 bits per heavy atom. The quantitative estimate of drug-likeness (QED) is 0.262. The number of carbonyl (C=O) groups excluding carboxylic acids is 1. The van der Waals surface area contributed by atoms with Crippen molar-refractivity contribution >= 4 is 23.3 Å². The fourth-order valence-electron chi connectivity index (χ4n) is 3.67. The van der Waals surface area contributed by atoms with Crippen molar-refractivity contribution < 1.29 is 32.7 Å². The largest absolute Gasteiger partial charge is 0.459 e. The number of hydrogen-bond acceptors (Lipinski definition) is 8. The average Bonchev–Trinajstić information content (AvgIpc) is 3.27. The van der Waals surface area contributed by atoms with Gasteiger partial charge in [-0.1, -0.05) is 17.7 Å². The minimum Gasteiger partial charge on any atom is -0.459 e. The maximum atomic E-state index is 14.2. The van der Waals surface area contributed by atoms with Crippen LogP contribution in [0.2, 0.25) is 5.02 Å². The second-order valence-electron chi connectivity index (χ2n) is 8.00. The molecule has 1 fully saturated rings. The number of hydrogen-bond donors (Lipinski definition) is 1. The minimum absolute atomic E-state index is 0.0274. The molecule has 3 aromatic rings. The molecular weight excluding hydrogens is 520 g/mol. The van der Waals surface area contributed by atoms with Crippen LogP contribution in [0, 0.1) is 21.7 Å². The van der Waals surface area contributed by atoms with Crippen LogP contribution in [0.4, 0.5) is 14.5 Å². The number of ether oxygens (including phenoxy) is 3. The van der Waals surface area contributed by atoms with Crippen LogP contribution < -0.4 is 11.2 Å². The van der Waals surface area contributed by atoms with E-state index in [0.717, 1.165) is 22.8 Å². The van der Waals surface area contributed by atoms with Crippen molar-refractivity contribution in [1.29, 1.82) is 0 Å². The maximum Gasteiger partial charge on any atom is 0.338 e. The summed E-state index contributed by atoms with van der Waals surface area (Å²) in [5.41, 5.74) is -2.11. The molecule has 1 unspecified atom stereocenters. The van der Waals surface area contributed by atoms with Gasteiger partial charge in [0.25, 0.3) is 11.2 Å². The van der Waals surface area contributed by atoms with Crippen molar-refractivity contribution in [2.24, 2.45) is 0 Å². The van der Waals surface area contributed by atoms with Crippen molar-refractivity contribution in [2.45, 2.75) is 31.5 Å². The molecule has 0 radical (unpaired) electrons. The second kappa shape index (κ2) is 11.0. The van der Waals surface area contributed by atoms with E-state index in [0.29, 0.717) is 6.20 Å². The standard InChI is InChI=1S/C23H18ClF2N3O8/c24-14-4-1-13(16(25)7-14)10-35-18-8-20(28-9-17(26)21(30)27-23(28)32)37-19(18)11-36-22(31)12-2-5-15(6-3-12)29(33)34/h1-7,9,18-20H,8,10-11H2,(H,27,30,32)/t18?,19-,20-/m0/s1. The number of rotatable bonds is 8. The van der Waals surface area contributed by atoms with E-state index in [1.165, 1.54) is 24.3 Å². The van der Waals surface area contributed by atoms with Gasteiger partial charge >= 0.3 is 11.7 Å². The van der Waals surface area contributed by atoms with Crippen LogP contribution in [0.5, 0.6) is 0 Å². The molecule has 0 spiro atoms. The number of halogens is 3. The van der Waals surface area contributed by atoms with E-state index >= 15 is 0 Å². The molecule has 14 heteroatoms. The maximum absolute atomic E-state index is 14.2. The first-order valence-electron chi connectivity index (χ1n) is 10.8. The fourth-order valence-corrected chi connectivity index (χ4v) is 3.83. The van der Waals surface area contributed by atoms with E-state index in [2.05, 4.69) is 0 Å². The van der Waals surface area contributed by atoms with Gasteiger partial charge in [-0.15, -0.1) is 0 Å². The highest BCUT2D eigenvalue weighted by Gasteiger charge is 2.39. The van der Waals surface area contributed by atoms with Crippen LogP contribution in [0.3, 0.4) is 0 Å². The summed E-state index contributed by atoms with van der Waals surface area (Å²) in [6.45, 7) is -0.591. The zero-order valence-corrected chi connectivity index (χ0v) is 19.5. The molecular formula is C23H18ClF2N3O8. The molecule has 1 aliphatic rings. The Hall–Kier alpha value is -3.94. The minimum atomic E-state index is -1.21. The third-order valence-corrected chi connectivity index (χ3v) is 5.81. The molecule has 0 saturated carbocycles. The van der Waals surface area contributed by atoms with Crippen molar-refractivity contribution in [3.63, 3.8) is 0 Å². The Balaban J connectivity index is 1.50. The highest BCUT2D eigenvalue weighted by molar-refractivity contribution is 6.30. The highest BCUT2D eigenvalue weighted by atomic mass is 35.5. The first-order chi connectivity index (χ1) is 17.6. The number of aromatic amines is 1. The van der Waals surface area contributed by atoms with Crippen LogP contribution >= 0.6 is 11.6 Å². The van der Waals surface area contributed by atoms with Crippen LogP contribution in [0.25, 0.3) is 0 Å². The molecule has 194 valence electrons. The number of aromatic nitrogens is 2. The summed E-state index contributed by atoms with van der Waals surface area (Å²) in [6.07, 6.45) is -2.24. The normalized spacial score (nSPS) is 19.1.